The molecule has 5 nitrogen and oxygen atoms in total. The van der Waals surface area contributed by atoms with Gasteiger partial charge in [-0.1, -0.05) is 0 Å². The number of likely N-dealkylation sites (tertiary alicyclic amines) is 1. The summed E-state index contributed by atoms with van der Waals surface area (Å²) in [5.74, 6) is -0.651. The average Bonchev–Trinajstić information content (AvgIpc) is 2.50. The number of hydrogen-bond acceptors (Lipinski definition) is 4. The number of primary amides is 1. The van der Waals surface area contributed by atoms with Crippen molar-refractivity contribution in [2.45, 2.75) is 6.42 Å². The third-order valence-corrected chi connectivity index (χ3v) is 2.19. The van der Waals surface area contributed by atoms with Crippen LogP contribution in [0, 0.1) is 5.92 Å². The molecule has 0 aromatic heterocycles. The smallest absolute Gasteiger partial charge is 0.310 e. The molecule has 0 radical (unpaired) electrons. The highest BCUT2D eigenvalue weighted by Gasteiger charge is 2.29. The van der Waals surface area contributed by atoms with Crippen LogP contribution in [0.3, 0.4) is 0 Å². The molecule has 74 valence electrons. The molecular weight excluding hydrogens is 172 g/mol. The second kappa shape index (κ2) is 4.23. The van der Waals surface area contributed by atoms with E-state index in [0.717, 1.165) is 13.0 Å². The molecule has 5 heteroatoms. The first-order valence-electron chi connectivity index (χ1n) is 4.22. The second-order valence-corrected chi connectivity index (χ2v) is 3.21. The lowest BCUT2D eigenvalue weighted by molar-refractivity contribution is -0.145. The van der Waals surface area contributed by atoms with Gasteiger partial charge in [0.15, 0.2) is 0 Å². The zero-order valence-electron chi connectivity index (χ0n) is 7.66. The first-order chi connectivity index (χ1) is 6.13. The van der Waals surface area contributed by atoms with Crippen LogP contribution in [0.1, 0.15) is 6.42 Å². The highest BCUT2D eigenvalue weighted by Crippen LogP contribution is 2.16. The van der Waals surface area contributed by atoms with Crippen LogP contribution in [0.5, 0.6) is 0 Å². The van der Waals surface area contributed by atoms with E-state index >= 15 is 0 Å². The molecule has 0 spiro atoms. The van der Waals surface area contributed by atoms with E-state index in [2.05, 4.69) is 4.74 Å². The van der Waals surface area contributed by atoms with Crippen molar-refractivity contribution in [3.8, 4) is 0 Å². The summed E-state index contributed by atoms with van der Waals surface area (Å²) in [6.45, 7) is 1.55. The maximum atomic E-state index is 11.1. The van der Waals surface area contributed by atoms with E-state index in [1.54, 1.807) is 0 Å². The average molecular weight is 186 g/mol. The third kappa shape index (κ3) is 2.69. The number of esters is 1. The molecule has 0 aliphatic carbocycles. The molecule has 1 rings (SSSR count). The van der Waals surface area contributed by atoms with Gasteiger partial charge in [0.2, 0.25) is 5.91 Å². The lowest BCUT2D eigenvalue weighted by Gasteiger charge is -2.12. The minimum atomic E-state index is -0.356. The number of ether oxygens (including phenoxy) is 1. The number of carbonyl (C=O) groups excluding carboxylic acids is 2. The van der Waals surface area contributed by atoms with Crippen molar-refractivity contribution in [3.05, 3.63) is 0 Å². The molecule has 0 aromatic carbocycles. The van der Waals surface area contributed by atoms with E-state index in [1.165, 1.54) is 7.11 Å². The Kier molecular flexibility index (Phi) is 3.25. The van der Waals surface area contributed by atoms with Crippen LogP contribution in [0.25, 0.3) is 0 Å². The fourth-order valence-electron chi connectivity index (χ4n) is 1.56. The van der Waals surface area contributed by atoms with Gasteiger partial charge in [-0.25, -0.2) is 0 Å². The summed E-state index contributed by atoms with van der Waals surface area (Å²) in [5.41, 5.74) is 5.03. The molecular formula is C8H14N2O3. The Balaban J connectivity index is 2.36. The Morgan fingerprint density at radius 1 is 1.62 bits per heavy atom. The fourth-order valence-corrected chi connectivity index (χ4v) is 1.56. The number of nitrogens with zero attached hydrogens (tertiary/aromatic N) is 1. The topological polar surface area (TPSA) is 72.6 Å². The van der Waals surface area contributed by atoms with Gasteiger partial charge in [0.25, 0.3) is 0 Å². The second-order valence-electron chi connectivity index (χ2n) is 3.21. The SMILES string of the molecule is COC(=O)C1CCN(CC(N)=O)C1. The van der Waals surface area contributed by atoms with Gasteiger partial charge >= 0.3 is 5.97 Å². The van der Waals surface area contributed by atoms with Crippen molar-refractivity contribution in [2.24, 2.45) is 11.7 Å². The molecule has 1 aliphatic heterocycles. The minimum Gasteiger partial charge on any atom is -0.469 e. The number of methoxy groups -OCH3 is 1. The summed E-state index contributed by atoms with van der Waals surface area (Å²) < 4.78 is 4.61. The minimum absolute atomic E-state index is 0.0932. The molecule has 1 unspecified atom stereocenters. The summed E-state index contributed by atoms with van der Waals surface area (Å²) in [4.78, 5) is 23.5. The van der Waals surface area contributed by atoms with Gasteiger partial charge < -0.3 is 10.5 Å². The number of rotatable bonds is 3. The summed E-state index contributed by atoms with van der Waals surface area (Å²) in [6.07, 6.45) is 0.750. The molecule has 1 heterocycles. The van der Waals surface area contributed by atoms with Crippen molar-refractivity contribution < 1.29 is 14.3 Å². The standard InChI is InChI=1S/C8H14N2O3/c1-13-8(12)6-2-3-10(4-6)5-7(9)11/h6H,2-5H2,1H3,(H2,9,11). The van der Waals surface area contributed by atoms with E-state index in [1.807, 2.05) is 4.90 Å². The van der Waals surface area contributed by atoms with E-state index in [0.29, 0.717) is 6.54 Å². The first kappa shape index (κ1) is 9.98. The van der Waals surface area contributed by atoms with Crippen molar-refractivity contribution >= 4 is 11.9 Å². The molecule has 13 heavy (non-hydrogen) atoms. The van der Waals surface area contributed by atoms with Gasteiger partial charge in [-0.15, -0.1) is 0 Å². The predicted molar refractivity (Wildman–Crippen MR) is 45.8 cm³/mol. The van der Waals surface area contributed by atoms with Crippen molar-refractivity contribution in [2.75, 3.05) is 26.7 Å². The van der Waals surface area contributed by atoms with Gasteiger partial charge in [0, 0.05) is 6.54 Å². The fraction of sp³-hybridized carbons (Fsp3) is 0.750. The summed E-state index contributed by atoms with van der Waals surface area (Å²) in [5, 5.41) is 0. The summed E-state index contributed by atoms with van der Waals surface area (Å²) >= 11 is 0. The van der Waals surface area contributed by atoms with Crippen LogP contribution >= 0.6 is 0 Å². The van der Waals surface area contributed by atoms with Crippen LogP contribution in [-0.2, 0) is 14.3 Å². The van der Waals surface area contributed by atoms with Gasteiger partial charge in [0.1, 0.15) is 0 Å². The van der Waals surface area contributed by atoms with E-state index < -0.39 is 0 Å². The monoisotopic (exact) mass is 186 g/mol. The van der Waals surface area contributed by atoms with Crippen LogP contribution < -0.4 is 5.73 Å². The number of carbonyl (C=O) groups is 2. The quantitative estimate of drug-likeness (QED) is 0.572. The Hall–Kier alpha value is -1.10. The van der Waals surface area contributed by atoms with Crippen molar-refractivity contribution in [1.29, 1.82) is 0 Å². The zero-order chi connectivity index (χ0) is 9.84. The Bertz CT molecular complexity index is 217. The highest BCUT2D eigenvalue weighted by atomic mass is 16.5. The number of hydrogen-bond donors (Lipinski definition) is 1. The number of nitrogens with two attached hydrogens (primary N) is 1. The van der Waals surface area contributed by atoms with E-state index in [4.69, 9.17) is 5.73 Å². The molecule has 0 bridgehead atoms. The maximum absolute atomic E-state index is 11.1. The van der Waals surface area contributed by atoms with Crippen LogP contribution in [-0.4, -0.2) is 43.5 Å². The van der Waals surface area contributed by atoms with Crippen molar-refractivity contribution in [3.63, 3.8) is 0 Å². The molecule has 0 aromatic rings. The lowest BCUT2D eigenvalue weighted by atomic mass is 10.1. The first-order valence-corrected chi connectivity index (χ1v) is 4.22. The summed E-state index contributed by atoms with van der Waals surface area (Å²) in [7, 11) is 1.37. The van der Waals surface area contributed by atoms with Gasteiger partial charge in [0.05, 0.1) is 19.6 Å². The zero-order valence-corrected chi connectivity index (χ0v) is 7.66. The Morgan fingerprint density at radius 3 is 2.85 bits per heavy atom. The Labute approximate surface area is 76.8 Å². The van der Waals surface area contributed by atoms with E-state index in [-0.39, 0.29) is 24.3 Å². The summed E-state index contributed by atoms with van der Waals surface area (Å²) in [6, 6.07) is 0. The Morgan fingerprint density at radius 2 is 2.31 bits per heavy atom. The largest absolute Gasteiger partial charge is 0.469 e. The molecule has 1 atom stereocenters. The maximum Gasteiger partial charge on any atom is 0.310 e. The number of amides is 1. The van der Waals surface area contributed by atoms with Gasteiger partial charge in [-0.3, -0.25) is 14.5 Å². The van der Waals surface area contributed by atoms with Crippen LogP contribution in [0.2, 0.25) is 0 Å². The predicted octanol–water partition coefficient (Wildman–Crippen LogP) is -1.03. The highest BCUT2D eigenvalue weighted by molar-refractivity contribution is 5.76. The molecule has 0 saturated carbocycles. The van der Waals surface area contributed by atoms with Crippen molar-refractivity contribution in [1.82, 2.24) is 4.90 Å². The van der Waals surface area contributed by atoms with Gasteiger partial charge in [-0.2, -0.15) is 0 Å². The molecule has 1 saturated heterocycles. The molecule has 2 N–H and O–H groups in total. The molecule has 1 aliphatic rings. The third-order valence-electron chi connectivity index (χ3n) is 2.19. The van der Waals surface area contributed by atoms with E-state index in [9.17, 15) is 9.59 Å². The molecule has 1 amide bonds. The van der Waals surface area contributed by atoms with Crippen LogP contribution in [0.15, 0.2) is 0 Å². The van der Waals surface area contributed by atoms with Crippen LogP contribution in [0.4, 0.5) is 0 Å². The molecule has 1 fully saturated rings. The lowest BCUT2D eigenvalue weighted by Crippen LogP contribution is -2.32. The normalized spacial score (nSPS) is 23.0. The van der Waals surface area contributed by atoms with Gasteiger partial charge in [-0.05, 0) is 13.0 Å².